The summed E-state index contributed by atoms with van der Waals surface area (Å²) in [6, 6.07) is 21.4. The van der Waals surface area contributed by atoms with Crippen molar-refractivity contribution in [1.82, 2.24) is 24.6 Å². The first kappa shape index (κ1) is 17.8. The summed E-state index contributed by atoms with van der Waals surface area (Å²) < 4.78 is 3.83. The van der Waals surface area contributed by atoms with Crippen molar-refractivity contribution in [2.24, 2.45) is 0 Å². The number of hydrogen-bond donors (Lipinski definition) is 1. The monoisotopic (exact) mass is 401 g/mol. The van der Waals surface area contributed by atoms with Crippen LogP contribution in [-0.4, -0.2) is 31.0 Å². The van der Waals surface area contributed by atoms with Crippen LogP contribution in [0.5, 0.6) is 0 Å². The van der Waals surface area contributed by atoms with Crippen molar-refractivity contribution >= 4 is 17.7 Å². The second-order valence-electron chi connectivity index (χ2n) is 6.77. The topological polar surface area (TPSA) is 64.7 Å². The Morgan fingerprint density at radius 3 is 2.59 bits per heavy atom. The van der Waals surface area contributed by atoms with Crippen LogP contribution in [0.25, 0.3) is 16.9 Å². The van der Waals surface area contributed by atoms with Gasteiger partial charge < -0.3 is 9.88 Å². The van der Waals surface area contributed by atoms with Gasteiger partial charge in [0.1, 0.15) is 5.69 Å². The van der Waals surface area contributed by atoms with Gasteiger partial charge in [0.05, 0.1) is 23.6 Å². The second kappa shape index (κ2) is 7.60. The summed E-state index contributed by atoms with van der Waals surface area (Å²) in [6.45, 7) is 1.36. The SMILES string of the molecule is O=C(NCc1cn2c(n1)SCC2)c1cc(-c2ccccc2)nn1-c1ccccc1. The number of fused-ring (bicyclic) bond motifs is 1. The molecule has 2 aromatic carbocycles. The Labute approximate surface area is 172 Å². The normalized spacial score (nSPS) is 12.7. The van der Waals surface area contributed by atoms with Gasteiger partial charge in [-0.05, 0) is 18.2 Å². The smallest absolute Gasteiger partial charge is 0.270 e. The predicted octanol–water partition coefficient (Wildman–Crippen LogP) is 3.77. The Bertz CT molecular complexity index is 1130. The lowest BCUT2D eigenvalue weighted by molar-refractivity contribution is 0.0942. The molecule has 2 aromatic heterocycles. The highest BCUT2D eigenvalue weighted by Crippen LogP contribution is 2.25. The maximum Gasteiger partial charge on any atom is 0.270 e. The van der Waals surface area contributed by atoms with Gasteiger partial charge in [-0.1, -0.05) is 60.3 Å². The predicted molar refractivity (Wildman–Crippen MR) is 113 cm³/mol. The first-order valence-corrected chi connectivity index (χ1v) is 10.4. The number of aromatic nitrogens is 4. The fourth-order valence-corrected chi connectivity index (χ4v) is 4.33. The zero-order valence-electron chi connectivity index (χ0n) is 15.7. The van der Waals surface area contributed by atoms with E-state index in [9.17, 15) is 4.79 Å². The van der Waals surface area contributed by atoms with E-state index in [1.165, 1.54) is 0 Å². The van der Waals surface area contributed by atoms with Crippen molar-refractivity contribution in [3.63, 3.8) is 0 Å². The van der Waals surface area contributed by atoms with Gasteiger partial charge in [-0.2, -0.15) is 5.10 Å². The quantitative estimate of drug-likeness (QED) is 0.553. The lowest BCUT2D eigenvalue weighted by Gasteiger charge is -2.07. The largest absolute Gasteiger partial charge is 0.345 e. The van der Waals surface area contributed by atoms with Crippen LogP contribution in [0.15, 0.2) is 78.1 Å². The average molecular weight is 401 g/mol. The summed E-state index contributed by atoms with van der Waals surface area (Å²) in [6.07, 6.45) is 2.01. The molecule has 5 rings (SSSR count). The summed E-state index contributed by atoms with van der Waals surface area (Å²) in [5.74, 6) is 0.886. The van der Waals surface area contributed by atoms with Crippen molar-refractivity contribution in [2.45, 2.75) is 18.2 Å². The second-order valence-corrected chi connectivity index (χ2v) is 7.83. The van der Waals surface area contributed by atoms with Crippen LogP contribution < -0.4 is 5.32 Å². The van der Waals surface area contributed by atoms with Crippen LogP contribution >= 0.6 is 11.8 Å². The van der Waals surface area contributed by atoms with E-state index in [0.29, 0.717) is 12.2 Å². The van der Waals surface area contributed by atoms with Gasteiger partial charge in [0.2, 0.25) is 0 Å². The maximum absolute atomic E-state index is 13.0. The summed E-state index contributed by atoms with van der Waals surface area (Å²) in [7, 11) is 0. The Morgan fingerprint density at radius 1 is 1.07 bits per heavy atom. The summed E-state index contributed by atoms with van der Waals surface area (Å²) in [5, 5.41) is 8.72. The molecule has 6 nitrogen and oxygen atoms in total. The van der Waals surface area contributed by atoms with Crippen molar-refractivity contribution < 1.29 is 4.79 Å². The number of benzene rings is 2. The average Bonchev–Trinajstić information content (AvgIpc) is 3.48. The first-order valence-electron chi connectivity index (χ1n) is 9.46. The van der Waals surface area contributed by atoms with E-state index in [2.05, 4.69) is 14.9 Å². The van der Waals surface area contributed by atoms with Gasteiger partial charge in [-0.3, -0.25) is 4.79 Å². The molecule has 1 aliphatic heterocycles. The number of nitrogens with zero attached hydrogens (tertiary/aromatic N) is 4. The molecule has 0 atom stereocenters. The van der Waals surface area contributed by atoms with E-state index in [1.807, 2.05) is 72.9 Å². The molecule has 1 N–H and O–H groups in total. The summed E-state index contributed by atoms with van der Waals surface area (Å²) in [5.41, 5.74) is 3.94. The van der Waals surface area contributed by atoms with Crippen LogP contribution in [0.2, 0.25) is 0 Å². The van der Waals surface area contributed by atoms with Gasteiger partial charge in [-0.15, -0.1) is 0 Å². The van der Waals surface area contributed by atoms with E-state index in [-0.39, 0.29) is 5.91 Å². The highest BCUT2D eigenvalue weighted by atomic mass is 32.2. The zero-order valence-corrected chi connectivity index (χ0v) is 16.5. The van der Waals surface area contributed by atoms with Crippen molar-refractivity contribution in [3.05, 3.63) is 84.3 Å². The van der Waals surface area contributed by atoms with Gasteiger partial charge in [0.15, 0.2) is 5.16 Å². The molecular weight excluding hydrogens is 382 g/mol. The van der Waals surface area contributed by atoms with Crippen molar-refractivity contribution in [1.29, 1.82) is 0 Å². The first-order chi connectivity index (χ1) is 14.3. The van der Waals surface area contributed by atoms with Gasteiger partial charge in [0, 0.05) is 24.1 Å². The van der Waals surface area contributed by atoms with Crippen molar-refractivity contribution in [3.8, 4) is 16.9 Å². The van der Waals surface area contributed by atoms with E-state index < -0.39 is 0 Å². The molecule has 1 aliphatic rings. The molecule has 0 radical (unpaired) electrons. The third kappa shape index (κ3) is 3.56. The summed E-state index contributed by atoms with van der Waals surface area (Å²) in [4.78, 5) is 17.6. The minimum atomic E-state index is -0.177. The molecule has 0 bridgehead atoms. The standard InChI is InChI=1S/C22H19N5OS/c28-21(23-14-17-15-26-11-12-29-22(26)24-17)20-13-19(16-7-3-1-4-8-16)25-27(20)18-9-5-2-6-10-18/h1-10,13,15H,11-12,14H2,(H,23,28). The summed E-state index contributed by atoms with van der Waals surface area (Å²) >= 11 is 1.75. The minimum absolute atomic E-state index is 0.177. The highest BCUT2D eigenvalue weighted by molar-refractivity contribution is 7.99. The number of para-hydroxylation sites is 1. The number of carbonyl (C=O) groups excluding carboxylic acids is 1. The molecule has 0 aliphatic carbocycles. The van der Waals surface area contributed by atoms with Crippen LogP contribution in [0.4, 0.5) is 0 Å². The number of amides is 1. The Kier molecular flexibility index (Phi) is 4.65. The van der Waals surface area contributed by atoms with Gasteiger partial charge >= 0.3 is 0 Å². The van der Waals surface area contributed by atoms with Crippen LogP contribution in [0.1, 0.15) is 16.2 Å². The molecule has 0 fully saturated rings. The third-order valence-corrected chi connectivity index (χ3v) is 5.77. The number of rotatable bonds is 5. The minimum Gasteiger partial charge on any atom is -0.345 e. The molecule has 29 heavy (non-hydrogen) atoms. The Hall–Kier alpha value is -3.32. The number of carbonyl (C=O) groups is 1. The molecular formula is C22H19N5OS. The molecule has 1 amide bonds. The maximum atomic E-state index is 13.0. The molecule has 0 saturated heterocycles. The van der Waals surface area contributed by atoms with E-state index >= 15 is 0 Å². The highest BCUT2D eigenvalue weighted by Gasteiger charge is 2.19. The molecule has 3 heterocycles. The molecule has 144 valence electrons. The van der Waals surface area contributed by atoms with Crippen LogP contribution in [-0.2, 0) is 13.1 Å². The molecule has 7 heteroatoms. The number of nitrogens with one attached hydrogen (secondary N) is 1. The Morgan fingerprint density at radius 2 is 1.83 bits per heavy atom. The number of hydrogen-bond acceptors (Lipinski definition) is 4. The van der Waals surface area contributed by atoms with Gasteiger partial charge in [-0.25, -0.2) is 9.67 Å². The number of thioether (sulfide) groups is 1. The fraction of sp³-hybridized carbons (Fsp3) is 0.136. The van der Waals surface area contributed by atoms with E-state index in [1.54, 1.807) is 16.4 Å². The van der Waals surface area contributed by atoms with E-state index in [4.69, 9.17) is 5.10 Å². The Balaban J connectivity index is 1.44. The lowest BCUT2D eigenvalue weighted by atomic mass is 10.1. The molecule has 0 unspecified atom stereocenters. The van der Waals surface area contributed by atoms with Crippen LogP contribution in [0, 0.1) is 0 Å². The lowest BCUT2D eigenvalue weighted by Crippen LogP contribution is -2.25. The number of imidazole rings is 1. The van der Waals surface area contributed by atoms with Gasteiger partial charge in [0.25, 0.3) is 5.91 Å². The number of aryl methyl sites for hydroxylation is 1. The molecule has 0 spiro atoms. The zero-order chi connectivity index (χ0) is 19.6. The van der Waals surface area contributed by atoms with Crippen molar-refractivity contribution in [2.75, 3.05) is 5.75 Å². The fourth-order valence-electron chi connectivity index (χ4n) is 3.37. The molecule has 4 aromatic rings. The van der Waals surface area contributed by atoms with E-state index in [0.717, 1.165) is 40.1 Å². The van der Waals surface area contributed by atoms with Crippen LogP contribution in [0.3, 0.4) is 0 Å². The molecule has 0 saturated carbocycles. The third-order valence-electron chi connectivity index (χ3n) is 4.80.